The molecule has 2 aliphatic heterocycles. The summed E-state index contributed by atoms with van der Waals surface area (Å²) >= 11 is 0. The molecule has 0 radical (unpaired) electrons. The topological polar surface area (TPSA) is 66.9 Å². The summed E-state index contributed by atoms with van der Waals surface area (Å²) in [5, 5.41) is 0. The average Bonchev–Trinajstić information content (AvgIpc) is 2.62. The molecule has 0 bridgehead atoms. The number of hydrogen-bond donors (Lipinski definition) is 0. The Morgan fingerprint density at radius 1 is 1.04 bits per heavy atom. The molecule has 0 aliphatic carbocycles. The fraction of sp³-hybridized carbons (Fsp3) is 0.562. The lowest BCUT2D eigenvalue weighted by molar-refractivity contribution is -0.139. The van der Waals surface area contributed by atoms with Crippen LogP contribution in [0.15, 0.2) is 29.2 Å². The number of rotatable bonds is 3. The Labute approximate surface area is 141 Å². The molecule has 1 aromatic carbocycles. The van der Waals surface area contributed by atoms with Crippen LogP contribution in [0.1, 0.15) is 12.8 Å². The second kappa shape index (κ2) is 7.16. The van der Waals surface area contributed by atoms with Gasteiger partial charge >= 0.3 is 0 Å². The molecule has 0 unspecified atom stereocenters. The van der Waals surface area contributed by atoms with Crippen LogP contribution < -0.4 is 0 Å². The minimum Gasteiger partial charge on any atom is -0.381 e. The number of carbonyl (C=O) groups is 1. The molecule has 24 heavy (non-hydrogen) atoms. The first-order valence-electron chi connectivity index (χ1n) is 8.11. The van der Waals surface area contributed by atoms with Gasteiger partial charge in [-0.3, -0.25) is 4.79 Å². The summed E-state index contributed by atoms with van der Waals surface area (Å²) < 4.78 is 44.7. The van der Waals surface area contributed by atoms with Gasteiger partial charge in [0.25, 0.3) is 0 Å². The van der Waals surface area contributed by atoms with Crippen molar-refractivity contribution in [2.24, 2.45) is 5.92 Å². The molecule has 1 amide bonds. The monoisotopic (exact) mass is 356 g/mol. The first kappa shape index (κ1) is 17.3. The molecular formula is C16H21FN2O4S. The summed E-state index contributed by atoms with van der Waals surface area (Å²) in [7, 11) is -3.64. The first-order chi connectivity index (χ1) is 11.5. The van der Waals surface area contributed by atoms with Gasteiger partial charge in [0.1, 0.15) is 5.82 Å². The molecule has 0 aromatic heterocycles. The van der Waals surface area contributed by atoms with Crippen LogP contribution in [0.5, 0.6) is 0 Å². The van der Waals surface area contributed by atoms with Gasteiger partial charge in [0, 0.05) is 45.3 Å². The molecular weight excluding hydrogens is 335 g/mol. The van der Waals surface area contributed by atoms with Crippen LogP contribution in [0, 0.1) is 11.7 Å². The van der Waals surface area contributed by atoms with Crippen LogP contribution in [-0.2, 0) is 19.6 Å². The lowest BCUT2D eigenvalue weighted by Gasteiger charge is -2.36. The predicted octanol–water partition coefficient (Wildman–Crippen LogP) is 1.09. The van der Waals surface area contributed by atoms with E-state index in [2.05, 4.69) is 0 Å². The van der Waals surface area contributed by atoms with Crippen molar-refractivity contribution in [3.63, 3.8) is 0 Å². The second-order valence-corrected chi connectivity index (χ2v) is 8.01. The van der Waals surface area contributed by atoms with E-state index < -0.39 is 15.8 Å². The smallest absolute Gasteiger partial charge is 0.243 e. The number of piperazine rings is 1. The normalized spacial score (nSPS) is 21.0. The second-order valence-electron chi connectivity index (χ2n) is 6.07. The number of amides is 1. The minimum atomic E-state index is -3.64. The third-order valence-corrected chi connectivity index (χ3v) is 6.49. The van der Waals surface area contributed by atoms with E-state index in [1.807, 2.05) is 0 Å². The van der Waals surface area contributed by atoms with Gasteiger partial charge in [-0.25, -0.2) is 12.8 Å². The predicted molar refractivity (Wildman–Crippen MR) is 85.3 cm³/mol. The molecule has 0 N–H and O–H groups in total. The zero-order valence-corrected chi connectivity index (χ0v) is 14.2. The molecule has 1 aromatic rings. The molecule has 132 valence electrons. The van der Waals surface area contributed by atoms with Crippen LogP contribution in [-0.4, -0.2) is 62.9 Å². The van der Waals surface area contributed by atoms with Crippen LogP contribution in [0.3, 0.4) is 0 Å². The van der Waals surface area contributed by atoms with Crippen molar-refractivity contribution in [3.05, 3.63) is 30.1 Å². The maximum absolute atomic E-state index is 13.0. The van der Waals surface area contributed by atoms with Crippen LogP contribution >= 0.6 is 0 Å². The lowest BCUT2D eigenvalue weighted by Crippen LogP contribution is -2.52. The maximum atomic E-state index is 13.0. The van der Waals surface area contributed by atoms with Crippen molar-refractivity contribution >= 4 is 15.9 Å². The molecule has 6 nitrogen and oxygen atoms in total. The van der Waals surface area contributed by atoms with Crippen molar-refractivity contribution in [2.75, 3.05) is 39.4 Å². The molecule has 2 fully saturated rings. The Kier molecular flexibility index (Phi) is 5.17. The highest BCUT2D eigenvalue weighted by molar-refractivity contribution is 7.89. The largest absolute Gasteiger partial charge is 0.381 e. The molecule has 2 aliphatic rings. The fourth-order valence-electron chi connectivity index (χ4n) is 3.11. The number of hydrogen-bond acceptors (Lipinski definition) is 4. The summed E-state index contributed by atoms with van der Waals surface area (Å²) in [5.74, 6) is -0.392. The highest BCUT2D eigenvalue weighted by Gasteiger charge is 2.33. The minimum absolute atomic E-state index is 0.0148. The summed E-state index contributed by atoms with van der Waals surface area (Å²) in [6.45, 7) is 2.50. The van der Waals surface area contributed by atoms with Crippen LogP contribution in [0.2, 0.25) is 0 Å². The average molecular weight is 356 g/mol. The van der Waals surface area contributed by atoms with E-state index in [1.165, 1.54) is 16.4 Å². The molecule has 2 heterocycles. The number of carbonyl (C=O) groups excluding carboxylic acids is 1. The van der Waals surface area contributed by atoms with Gasteiger partial charge in [0.2, 0.25) is 15.9 Å². The van der Waals surface area contributed by atoms with Gasteiger partial charge in [-0.1, -0.05) is 0 Å². The van der Waals surface area contributed by atoms with Gasteiger partial charge in [0.05, 0.1) is 4.90 Å². The highest BCUT2D eigenvalue weighted by Crippen LogP contribution is 2.21. The Morgan fingerprint density at radius 2 is 1.62 bits per heavy atom. The Hall–Kier alpha value is -1.51. The first-order valence-corrected chi connectivity index (χ1v) is 9.55. The molecule has 8 heteroatoms. The number of halogens is 1. The van der Waals surface area contributed by atoms with Crippen LogP contribution in [0.25, 0.3) is 0 Å². The van der Waals surface area contributed by atoms with Gasteiger partial charge in [0.15, 0.2) is 0 Å². The number of sulfonamides is 1. The summed E-state index contributed by atoms with van der Waals surface area (Å²) in [6, 6.07) is 4.81. The number of nitrogens with zero attached hydrogens (tertiary/aromatic N) is 2. The SMILES string of the molecule is O=C(C1CCOCC1)N1CCN(S(=O)(=O)c2ccc(F)cc2)CC1. The summed E-state index contributed by atoms with van der Waals surface area (Å²) in [6.07, 6.45) is 1.46. The Bertz CT molecular complexity index is 679. The highest BCUT2D eigenvalue weighted by atomic mass is 32.2. The van der Waals surface area contributed by atoms with Crippen LogP contribution in [0.4, 0.5) is 4.39 Å². The zero-order valence-electron chi connectivity index (χ0n) is 13.4. The fourth-order valence-corrected chi connectivity index (χ4v) is 4.53. The van der Waals surface area contributed by atoms with Crippen molar-refractivity contribution in [3.8, 4) is 0 Å². The van der Waals surface area contributed by atoms with E-state index in [0.29, 0.717) is 26.3 Å². The number of ether oxygens (including phenoxy) is 1. The lowest BCUT2D eigenvalue weighted by atomic mass is 9.98. The molecule has 2 saturated heterocycles. The van der Waals surface area contributed by atoms with E-state index in [-0.39, 0.29) is 29.8 Å². The van der Waals surface area contributed by atoms with E-state index >= 15 is 0 Å². The van der Waals surface area contributed by atoms with Crippen molar-refractivity contribution in [1.82, 2.24) is 9.21 Å². The van der Waals surface area contributed by atoms with E-state index in [4.69, 9.17) is 4.74 Å². The van der Waals surface area contributed by atoms with Gasteiger partial charge in [-0.2, -0.15) is 4.31 Å². The third-order valence-electron chi connectivity index (χ3n) is 4.57. The van der Waals surface area contributed by atoms with Crippen molar-refractivity contribution < 1.29 is 22.3 Å². The Morgan fingerprint density at radius 3 is 2.21 bits per heavy atom. The van der Waals surface area contributed by atoms with Crippen molar-refractivity contribution in [2.45, 2.75) is 17.7 Å². The number of benzene rings is 1. The van der Waals surface area contributed by atoms with Crippen molar-refractivity contribution in [1.29, 1.82) is 0 Å². The molecule has 0 saturated carbocycles. The standard InChI is InChI=1S/C16H21FN2O4S/c17-14-1-3-15(4-2-14)24(21,22)19-9-7-18(8-10-19)16(20)13-5-11-23-12-6-13/h1-4,13H,5-12H2. The van der Waals surface area contributed by atoms with Gasteiger partial charge in [-0.05, 0) is 37.1 Å². The third kappa shape index (κ3) is 3.60. The van der Waals surface area contributed by atoms with Gasteiger partial charge < -0.3 is 9.64 Å². The Balaban J connectivity index is 1.62. The maximum Gasteiger partial charge on any atom is 0.243 e. The molecule has 0 spiro atoms. The molecule has 3 rings (SSSR count). The van der Waals surface area contributed by atoms with E-state index in [0.717, 1.165) is 25.0 Å². The molecule has 0 atom stereocenters. The summed E-state index contributed by atoms with van der Waals surface area (Å²) in [4.78, 5) is 14.3. The van der Waals surface area contributed by atoms with E-state index in [9.17, 15) is 17.6 Å². The summed E-state index contributed by atoms with van der Waals surface area (Å²) in [5.41, 5.74) is 0. The van der Waals surface area contributed by atoms with E-state index in [1.54, 1.807) is 4.90 Å². The zero-order chi connectivity index (χ0) is 17.2. The van der Waals surface area contributed by atoms with Gasteiger partial charge in [-0.15, -0.1) is 0 Å². The quantitative estimate of drug-likeness (QED) is 0.813.